The third-order valence-corrected chi connectivity index (χ3v) is 2.18. The standard InChI is InChI=1S/C10H17N3O/c1-12-9(7-14-2)5-8-6-13-4-3-10(8)11/h3-4,6,9,12H,5,7H2,1-2H3,(H2,11,13). The number of nitrogens with zero attached hydrogens (tertiary/aromatic N) is 1. The first-order valence-corrected chi connectivity index (χ1v) is 4.62. The van der Waals surface area contributed by atoms with Gasteiger partial charge in [-0.1, -0.05) is 0 Å². The van der Waals surface area contributed by atoms with Gasteiger partial charge < -0.3 is 15.8 Å². The van der Waals surface area contributed by atoms with E-state index in [1.165, 1.54) is 0 Å². The highest BCUT2D eigenvalue weighted by Crippen LogP contribution is 2.11. The third kappa shape index (κ3) is 2.97. The van der Waals surface area contributed by atoms with Crippen molar-refractivity contribution in [3.63, 3.8) is 0 Å². The third-order valence-electron chi connectivity index (χ3n) is 2.18. The topological polar surface area (TPSA) is 60.2 Å². The molecule has 0 fully saturated rings. The molecule has 0 radical (unpaired) electrons. The second kappa shape index (κ2) is 5.57. The Bertz CT molecular complexity index is 278. The lowest BCUT2D eigenvalue weighted by atomic mass is 10.1. The number of aromatic nitrogens is 1. The monoisotopic (exact) mass is 195 g/mol. The molecule has 4 heteroatoms. The molecule has 1 aromatic rings. The molecule has 0 aromatic carbocycles. The average Bonchev–Trinajstić information content (AvgIpc) is 2.20. The smallest absolute Gasteiger partial charge is 0.0619 e. The summed E-state index contributed by atoms with van der Waals surface area (Å²) in [7, 11) is 3.60. The molecule has 3 N–H and O–H groups in total. The van der Waals surface area contributed by atoms with E-state index in [2.05, 4.69) is 10.3 Å². The molecule has 1 atom stereocenters. The van der Waals surface area contributed by atoms with Gasteiger partial charge in [0.1, 0.15) is 0 Å². The number of hydrogen-bond donors (Lipinski definition) is 2. The van der Waals surface area contributed by atoms with Crippen LogP contribution in [0.2, 0.25) is 0 Å². The van der Waals surface area contributed by atoms with Gasteiger partial charge in [0.25, 0.3) is 0 Å². The summed E-state index contributed by atoms with van der Waals surface area (Å²) in [6, 6.07) is 2.10. The van der Waals surface area contributed by atoms with Crippen LogP contribution in [0.25, 0.3) is 0 Å². The van der Waals surface area contributed by atoms with E-state index in [-0.39, 0.29) is 6.04 Å². The van der Waals surface area contributed by atoms with E-state index in [9.17, 15) is 0 Å². The Labute approximate surface area is 84.5 Å². The predicted molar refractivity (Wildman–Crippen MR) is 57.1 cm³/mol. The van der Waals surface area contributed by atoms with Crippen molar-refractivity contribution < 1.29 is 4.74 Å². The van der Waals surface area contributed by atoms with Crippen LogP contribution in [-0.2, 0) is 11.2 Å². The lowest BCUT2D eigenvalue weighted by molar-refractivity contribution is 0.169. The van der Waals surface area contributed by atoms with Crippen LogP contribution in [0.3, 0.4) is 0 Å². The SMILES string of the molecule is CNC(COC)Cc1cnccc1N. The van der Waals surface area contributed by atoms with Crippen molar-refractivity contribution in [3.05, 3.63) is 24.0 Å². The number of ether oxygens (including phenoxy) is 1. The first-order chi connectivity index (χ1) is 6.77. The zero-order valence-electron chi connectivity index (χ0n) is 8.66. The number of anilines is 1. The first kappa shape index (κ1) is 10.9. The summed E-state index contributed by atoms with van der Waals surface area (Å²) in [5, 5.41) is 3.17. The number of methoxy groups -OCH3 is 1. The van der Waals surface area contributed by atoms with E-state index in [1.54, 1.807) is 19.5 Å². The van der Waals surface area contributed by atoms with E-state index in [1.807, 2.05) is 13.1 Å². The molecule has 1 unspecified atom stereocenters. The van der Waals surface area contributed by atoms with Gasteiger partial charge in [-0.05, 0) is 25.1 Å². The van der Waals surface area contributed by atoms with E-state index in [0.29, 0.717) is 6.61 Å². The molecule has 0 saturated carbocycles. The molecule has 1 rings (SSSR count). The van der Waals surface area contributed by atoms with Crippen LogP contribution in [0.5, 0.6) is 0 Å². The first-order valence-electron chi connectivity index (χ1n) is 4.62. The largest absolute Gasteiger partial charge is 0.398 e. The highest BCUT2D eigenvalue weighted by molar-refractivity contribution is 5.44. The summed E-state index contributed by atoms with van der Waals surface area (Å²) in [6.45, 7) is 0.671. The Morgan fingerprint density at radius 3 is 3.00 bits per heavy atom. The molecule has 0 saturated heterocycles. The van der Waals surface area contributed by atoms with Crippen LogP contribution in [0.4, 0.5) is 5.69 Å². The van der Waals surface area contributed by atoms with Gasteiger partial charge >= 0.3 is 0 Å². The molecule has 0 aliphatic carbocycles. The molecule has 78 valence electrons. The van der Waals surface area contributed by atoms with Crippen LogP contribution >= 0.6 is 0 Å². The van der Waals surface area contributed by atoms with Gasteiger partial charge in [-0.15, -0.1) is 0 Å². The van der Waals surface area contributed by atoms with Gasteiger partial charge in [0.15, 0.2) is 0 Å². The minimum atomic E-state index is 0.284. The molecule has 14 heavy (non-hydrogen) atoms. The van der Waals surface area contributed by atoms with Crippen molar-refractivity contribution in [2.75, 3.05) is 26.5 Å². The molecule has 0 bridgehead atoms. The van der Waals surface area contributed by atoms with Crippen molar-refractivity contribution in [2.45, 2.75) is 12.5 Å². The Hall–Kier alpha value is -1.13. The number of pyridine rings is 1. The minimum Gasteiger partial charge on any atom is -0.398 e. The van der Waals surface area contributed by atoms with E-state index in [0.717, 1.165) is 17.7 Å². The highest BCUT2D eigenvalue weighted by Gasteiger charge is 2.08. The number of nitrogens with one attached hydrogen (secondary N) is 1. The van der Waals surface area contributed by atoms with Gasteiger partial charge in [0, 0.05) is 31.2 Å². The van der Waals surface area contributed by atoms with E-state index < -0.39 is 0 Å². The van der Waals surface area contributed by atoms with Crippen molar-refractivity contribution in [3.8, 4) is 0 Å². The second-order valence-corrected chi connectivity index (χ2v) is 3.22. The Morgan fingerprint density at radius 1 is 1.64 bits per heavy atom. The summed E-state index contributed by atoms with van der Waals surface area (Å²) in [6.07, 6.45) is 4.34. The quantitative estimate of drug-likeness (QED) is 0.715. The summed E-state index contributed by atoms with van der Waals surface area (Å²) in [5.41, 5.74) is 7.66. The van der Waals surface area contributed by atoms with Crippen molar-refractivity contribution in [1.82, 2.24) is 10.3 Å². The molecule has 1 aromatic heterocycles. The normalized spacial score (nSPS) is 12.7. The number of nitrogens with two attached hydrogens (primary N) is 1. The maximum atomic E-state index is 5.81. The zero-order chi connectivity index (χ0) is 10.4. The molecule has 0 amide bonds. The predicted octanol–water partition coefficient (Wildman–Crippen LogP) is 0.441. The Kier molecular flexibility index (Phi) is 4.35. The maximum absolute atomic E-state index is 5.81. The molecule has 0 aliphatic rings. The van der Waals surface area contributed by atoms with Gasteiger partial charge in [0.05, 0.1) is 6.61 Å². The van der Waals surface area contributed by atoms with E-state index in [4.69, 9.17) is 10.5 Å². The van der Waals surface area contributed by atoms with Gasteiger partial charge in [-0.25, -0.2) is 0 Å². The van der Waals surface area contributed by atoms with E-state index >= 15 is 0 Å². The van der Waals surface area contributed by atoms with Crippen LogP contribution in [0.15, 0.2) is 18.5 Å². The number of likely N-dealkylation sites (N-methyl/N-ethyl adjacent to an activating group) is 1. The van der Waals surface area contributed by atoms with Crippen LogP contribution in [0, 0.1) is 0 Å². The summed E-state index contributed by atoms with van der Waals surface area (Å²) < 4.78 is 5.08. The fraction of sp³-hybridized carbons (Fsp3) is 0.500. The minimum absolute atomic E-state index is 0.284. The average molecular weight is 195 g/mol. The highest BCUT2D eigenvalue weighted by atomic mass is 16.5. The molecule has 1 heterocycles. The zero-order valence-corrected chi connectivity index (χ0v) is 8.66. The lowest BCUT2D eigenvalue weighted by Gasteiger charge is -2.15. The lowest BCUT2D eigenvalue weighted by Crippen LogP contribution is -2.32. The fourth-order valence-electron chi connectivity index (χ4n) is 1.32. The van der Waals surface area contributed by atoms with Gasteiger partial charge in [-0.3, -0.25) is 4.98 Å². The summed E-state index contributed by atoms with van der Waals surface area (Å²) in [5.74, 6) is 0. The number of hydrogen-bond acceptors (Lipinski definition) is 4. The van der Waals surface area contributed by atoms with Crippen molar-refractivity contribution in [1.29, 1.82) is 0 Å². The van der Waals surface area contributed by atoms with Crippen LogP contribution in [-0.4, -0.2) is 31.8 Å². The van der Waals surface area contributed by atoms with Crippen LogP contribution in [0.1, 0.15) is 5.56 Å². The van der Waals surface area contributed by atoms with Crippen molar-refractivity contribution in [2.24, 2.45) is 0 Å². The second-order valence-electron chi connectivity index (χ2n) is 3.22. The summed E-state index contributed by atoms with van der Waals surface area (Å²) in [4.78, 5) is 4.04. The maximum Gasteiger partial charge on any atom is 0.0619 e. The van der Waals surface area contributed by atoms with Crippen molar-refractivity contribution >= 4 is 5.69 Å². The van der Waals surface area contributed by atoms with Gasteiger partial charge in [-0.2, -0.15) is 0 Å². The Morgan fingerprint density at radius 2 is 2.43 bits per heavy atom. The number of rotatable bonds is 5. The molecule has 0 aliphatic heterocycles. The molecular weight excluding hydrogens is 178 g/mol. The molecule has 4 nitrogen and oxygen atoms in total. The Balaban J connectivity index is 2.62. The molecular formula is C10H17N3O. The van der Waals surface area contributed by atoms with Crippen LogP contribution < -0.4 is 11.1 Å². The molecule has 0 spiro atoms. The number of nitrogen functional groups attached to an aromatic ring is 1. The summed E-state index contributed by atoms with van der Waals surface area (Å²) >= 11 is 0. The fourth-order valence-corrected chi connectivity index (χ4v) is 1.32. The van der Waals surface area contributed by atoms with Gasteiger partial charge in [0.2, 0.25) is 0 Å².